The van der Waals surface area contributed by atoms with Crippen molar-refractivity contribution in [2.45, 2.75) is 27.7 Å². The molecule has 0 aromatic rings. The topological polar surface area (TPSA) is 86.8 Å². The fourth-order valence-electron chi connectivity index (χ4n) is 1.93. The molecule has 0 spiro atoms. The van der Waals surface area contributed by atoms with Crippen LogP contribution in [-0.4, -0.2) is 67.9 Å². The van der Waals surface area contributed by atoms with Crippen molar-refractivity contribution in [3.63, 3.8) is 0 Å². The van der Waals surface area contributed by atoms with Crippen LogP contribution in [0, 0.1) is 5.41 Å². The lowest BCUT2D eigenvalue weighted by Gasteiger charge is -2.34. The third-order valence-electron chi connectivity index (χ3n) is 3.43. The van der Waals surface area contributed by atoms with Crippen molar-refractivity contribution < 1.29 is 18.0 Å². The molecule has 21 heavy (non-hydrogen) atoms. The van der Waals surface area contributed by atoms with Gasteiger partial charge in [0.05, 0.1) is 12.3 Å². The Balaban J connectivity index is 2.44. The van der Waals surface area contributed by atoms with Crippen LogP contribution in [0.4, 0.5) is 0 Å². The lowest BCUT2D eigenvalue weighted by molar-refractivity contribution is -0.135. The maximum atomic E-state index is 12.0. The van der Waals surface area contributed by atoms with E-state index < -0.39 is 15.4 Å². The van der Waals surface area contributed by atoms with E-state index in [9.17, 15) is 18.0 Å². The highest BCUT2D eigenvalue weighted by atomic mass is 32.2. The second-order valence-corrected chi connectivity index (χ2v) is 8.37. The zero-order valence-corrected chi connectivity index (χ0v) is 14.0. The summed E-state index contributed by atoms with van der Waals surface area (Å²) in [7, 11) is -3.19. The number of hydrogen-bond donors (Lipinski definition) is 1. The van der Waals surface area contributed by atoms with Gasteiger partial charge < -0.3 is 10.2 Å². The van der Waals surface area contributed by atoms with Gasteiger partial charge in [-0.15, -0.1) is 0 Å². The summed E-state index contributed by atoms with van der Waals surface area (Å²) in [6.07, 6.45) is 0. The first kappa shape index (κ1) is 17.9. The molecule has 1 aliphatic heterocycles. The average molecular weight is 319 g/mol. The van der Waals surface area contributed by atoms with Crippen molar-refractivity contribution in [2.75, 3.05) is 38.5 Å². The van der Waals surface area contributed by atoms with Gasteiger partial charge in [0, 0.05) is 31.6 Å². The number of hydrogen-bond acceptors (Lipinski definition) is 4. The van der Waals surface area contributed by atoms with E-state index in [1.54, 1.807) is 32.6 Å². The van der Waals surface area contributed by atoms with Crippen molar-refractivity contribution in [3.8, 4) is 0 Å². The minimum Gasteiger partial charge on any atom is -0.347 e. The van der Waals surface area contributed by atoms with Crippen LogP contribution in [-0.2, 0) is 19.6 Å². The van der Waals surface area contributed by atoms with Crippen LogP contribution in [0.1, 0.15) is 27.7 Å². The van der Waals surface area contributed by atoms with E-state index in [1.165, 1.54) is 4.31 Å². The first-order chi connectivity index (χ1) is 9.58. The zero-order chi connectivity index (χ0) is 16.3. The molecule has 1 fully saturated rings. The molecule has 0 aromatic heterocycles. The van der Waals surface area contributed by atoms with Gasteiger partial charge >= 0.3 is 0 Å². The Bertz CT molecular complexity index is 488. The molecule has 1 saturated heterocycles. The number of carbonyl (C=O) groups is 2. The van der Waals surface area contributed by atoms with Gasteiger partial charge in [-0.2, -0.15) is 4.31 Å². The van der Waals surface area contributed by atoms with Crippen molar-refractivity contribution >= 4 is 21.8 Å². The van der Waals surface area contributed by atoms with E-state index in [-0.39, 0.29) is 24.1 Å². The number of piperazine rings is 1. The molecule has 1 N–H and O–H groups in total. The Morgan fingerprint density at radius 2 is 1.62 bits per heavy atom. The number of sulfonamides is 1. The summed E-state index contributed by atoms with van der Waals surface area (Å²) < 4.78 is 24.9. The summed E-state index contributed by atoms with van der Waals surface area (Å²) in [5.74, 6) is -0.285. The Morgan fingerprint density at radius 1 is 1.10 bits per heavy atom. The van der Waals surface area contributed by atoms with Gasteiger partial charge in [0.15, 0.2) is 0 Å². The fourth-order valence-corrected chi connectivity index (χ4v) is 3.02. The molecule has 0 atom stereocenters. The van der Waals surface area contributed by atoms with Crippen LogP contribution < -0.4 is 5.32 Å². The van der Waals surface area contributed by atoms with Crippen molar-refractivity contribution in [2.24, 2.45) is 5.41 Å². The van der Waals surface area contributed by atoms with Crippen LogP contribution >= 0.6 is 0 Å². The highest BCUT2D eigenvalue weighted by Gasteiger charge is 2.28. The smallest absolute Gasteiger partial charge is 0.242 e. The average Bonchev–Trinajstić information content (AvgIpc) is 2.43. The van der Waals surface area contributed by atoms with Gasteiger partial charge in [0.2, 0.25) is 21.8 Å². The molecule has 0 aromatic carbocycles. The van der Waals surface area contributed by atoms with Crippen LogP contribution in [0.5, 0.6) is 0 Å². The Morgan fingerprint density at radius 3 is 2.05 bits per heavy atom. The predicted octanol–water partition coefficient (Wildman–Crippen LogP) is -0.357. The summed E-state index contributed by atoms with van der Waals surface area (Å²) in [4.78, 5) is 25.3. The van der Waals surface area contributed by atoms with E-state index in [0.29, 0.717) is 26.2 Å². The zero-order valence-electron chi connectivity index (χ0n) is 13.2. The molecule has 0 radical (unpaired) electrons. The van der Waals surface area contributed by atoms with Crippen molar-refractivity contribution in [1.82, 2.24) is 14.5 Å². The lowest BCUT2D eigenvalue weighted by atomic mass is 9.96. The first-order valence-corrected chi connectivity index (χ1v) is 8.72. The largest absolute Gasteiger partial charge is 0.347 e. The molecule has 1 rings (SSSR count). The highest BCUT2D eigenvalue weighted by Crippen LogP contribution is 2.12. The van der Waals surface area contributed by atoms with Crippen LogP contribution in [0.15, 0.2) is 0 Å². The minimum absolute atomic E-state index is 0.0450. The third-order valence-corrected chi connectivity index (χ3v) is 5.31. The van der Waals surface area contributed by atoms with Crippen LogP contribution in [0.2, 0.25) is 0 Å². The number of carbonyl (C=O) groups excluding carboxylic acids is 2. The fraction of sp³-hybridized carbons (Fsp3) is 0.846. The molecular formula is C13H25N3O4S. The number of rotatable bonds is 4. The normalized spacial score (nSPS) is 17.6. The summed E-state index contributed by atoms with van der Waals surface area (Å²) in [5.41, 5.74) is -0.534. The number of nitrogens with one attached hydrogen (secondary N) is 1. The summed E-state index contributed by atoms with van der Waals surface area (Å²) in [5, 5.41) is 2.61. The van der Waals surface area contributed by atoms with E-state index in [0.717, 1.165) is 0 Å². The van der Waals surface area contributed by atoms with Crippen LogP contribution in [0.3, 0.4) is 0 Å². The summed E-state index contributed by atoms with van der Waals surface area (Å²) >= 11 is 0. The monoisotopic (exact) mass is 319 g/mol. The van der Waals surface area contributed by atoms with Gasteiger partial charge in [-0.1, -0.05) is 20.8 Å². The second-order valence-electron chi connectivity index (χ2n) is 6.11. The van der Waals surface area contributed by atoms with Gasteiger partial charge in [0.25, 0.3) is 0 Å². The molecule has 2 amide bonds. The van der Waals surface area contributed by atoms with Gasteiger partial charge in [0.1, 0.15) is 0 Å². The second kappa shape index (κ2) is 6.74. The maximum Gasteiger partial charge on any atom is 0.242 e. The molecule has 8 heteroatoms. The minimum atomic E-state index is -3.19. The molecule has 0 aliphatic carbocycles. The third kappa shape index (κ3) is 4.96. The van der Waals surface area contributed by atoms with E-state index in [2.05, 4.69) is 5.32 Å². The number of amides is 2. The van der Waals surface area contributed by atoms with Crippen molar-refractivity contribution in [3.05, 3.63) is 0 Å². The first-order valence-electron chi connectivity index (χ1n) is 7.12. The molecule has 1 aliphatic rings. The summed E-state index contributed by atoms with van der Waals surface area (Å²) in [6, 6.07) is 0. The maximum absolute atomic E-state index is 12.0. The molecule has 0 bridgehead atoms. The molecule has 0 saturated carbocycles. The molecule has 122 valence electrons. The van der Waals surface area contributed by atoms with Crippen LogP contribution in [0.25, 0.3) is 0 Å². The van der Waals surface area contributed by atoms with E-state index in [4.69, 9.17) is 0 Å². The Labute approximate surface area is 126 Å². The van der Waals surface area contributed by atoms with E-state index >= 15 is 0 Å². The SMILES string of the molecule is CCS(=O)(=O)N1CCN(C(=O)CNC(=O)C(C)(C)C)CC1. The van der Waals surface area contributed by atoms with E-state index in [1.807, 2.05) is 0 Å². The highest BCUT2D eigenvalue weighted by molar-refractivity contribution is 7.89. The van der Waals surface area contributed by atoms with Gasteiger partial charge in [-0.25, -0.2) is 8.42 Å². The molecular weight excluding hydrogens is 294 g/mol. The quantitative estimate of drug-likeness (QED) is 0.767. The standard InChI is InChI=1S/C13H25N3O4S/c1-5-21(19,20)16-8-6-15(7-9-16)11(17)10-14-12(18)13(2,3)4/h5-10H2,1-4H3,(H,14,18). The molecule has 1 heterocycles. The van der Waals surface area contributed by atoms with Gasteiger partial charge in [-0.05, 0) is 6.92 Å². The van der Waals surface area contributed by atoms with Gasteiger partial charge in [-0.3, -0.25) is 9.59 Å². The van der Waals surface area contributed by atoms with Crippen molar-refractivity contribution in [1.29, 1.82) is 0 Å². The predicted molar refractivity (Wildman–Crippen MR) is 80.1 cm³/mol. The summed E-state index contributed by atoms with van der Waals surface area (Å²) in [6.45, 7) is 8.26. The molecule has 7 nitrogen and oxygen atoms in total. The number of nitrogens with zero attached hydrogens (tertiary/aromatic N) is 2. The Kier molecular flexibility index (Phi) is 5.75. The Hall–Kier alpha value is -1.15. The molecule has 0 unspecified atom stereocenters. The lowest BCUT2D eigenvalue weighted by Crippen LogP contribution is -2.53.